The van der Waals surface area contributed by atoms with E-state index in [4.69, 9.17) is 0 Å². The molecule has 0 atom stereocenters. The van der Waals surface area contributed by atoms with Crippen LogP contribution in [0.15, 0.2) is 60.7 Å². The zero-order valence-electron chi connectivity index (χ0n) is 28.6. The summed E-state index contributed by atoms with van der Waals surface area (Å²) in [6.07, 6.45) is 0.0481. The Morgan fingerprint density at radius 2 is 0.769 bits per heavy atom. The number of aryl methyl sites for hydroxylation is 4. The second-order valence-electron chi connectivity index (χ2n) is 12.9. The summed E-state index contributed by atoms with van der Waals surface area (Å²) in [5.74, 6) is -4.96. The zero-order valence-corrected chi connectivity index (χ0v) is 28.6. The lowest BCUT2D eigenvalue weighted by molar-refractivity contribution is -0.138. The van der Waals surface area contributed by atoms with Crippen LogP contribution in [0.2, 0.25) is 0 Å². The summed E-state index contributed by atoms with van der Waals surface area (Å²) < 4.78 is 0. The van der Waals surface area contributed by atoms with Crippen molar-refractivity contribution in [3.8, 4) is 23.0 Å². The second-order valence-corrected chi connectivity index (χ2v) is 12.9. The van der Waals surface area contributed by atoms with Crippen LogP contribution in [0, 0.1) is 0 Å². The Hall–Kier alpha value is -6.04. The van der Waals surface area contributed by atoms with E-state index in [1.165, 1.54) is 36.4 Å². The number of hydrogen-bond acceptors (Lipinski definition) is 8. The maximum atomic E-state index is 11.7. The van der Waals surface area contributed by atoms with Gasteiger partial charge in [-0.1, -0.05) is 31.2 Å². The molecule has 4 aromatic carbocycles. The molecule has 0 aliphatic rings. The Bertz CT molecular complexity index is 1840. The van der Waals surface area contributed by atoms with E-state index in [1.54, 1.807) is 31.2 Å². The van der Waals surface area contributed by atoms with Crippen LogP contribution in [-0.2, 0) is 57.7 Å². The molecule has 4 aromatic rings. The van der Waals surface area contributed by atoms with Gasteiger partial charge in [-0.05, 0) is 118 Å². The minimum Gasteiger partial charge on any atom is -0.508 e. The average Bonchev–Trinajstić information content (AvgIpc) is 3.07. The minimum atomic E-state index is -1.05. The molecule has 8 N–H and O–H groups in total. The summed E-state index contributed by atoms with van der Waals surface area (Å²) in [5, 5.41) is 80.4. The molecule has 0 aromatic heterocycles. The third kappa shape index (κ3) is 10.5. The maximum Gasteiger partial charge on any atom is 0.303 e. The van der Waals surface area contributed by atoms with Gasteiger partial charge in [-0.2, -0.15) is 0 Å². The number of aromatic hydroxyl groups is 4. The lowest BCUT2D eigenvalue weighted by Crippen LogP contribution is -2.10. The first kappa shape index (κ1) is 38.8. The molecular weight excluding hydrogens is 672 g/mol. The number of carbonyl (C=O) groups is 4. The first-order chi connectivity index (χ1) is 24.6. The van der Waals surface area contributed by atoms with E-state index in [-0.39, 0.29) is 87.2 Å². The van der Waals surface area contributed by atoms with E-state index < -0.39 is 29.8 Å². The highest BCUT2D eigenvalue weighted by Gasteiger charge is 2.23. The number of carboxylic acids is 4. The van der Waals surface area contributed by atoms with Crippen molar-refractivity contribution >= 4 is 23.9 Å². The lowest BCUT2D eigenvalue weighted by Gasteiger charge is -2.23. The van der Waals surface area contributed by atoms with E-state index >= 15 is 0 Å². The van der Waals surface area contributed by atoms with Gasteiger partial charge in [-0.3, -0.25) is 19.2 Å². The minimum absolute atomic E-state index is 0.0393. The third-order valence-corrected chi connectivity index (χ3v) is 9.19. The molecular formula is C40H42O12. The normalized spacial score (nSPS) is 11.1. The molecule has 0 saturated carbocycles. The van der Waals surface area contributed by atoms with Crippen molar-refractivity contribution in [1.29, 1.82) is 0 Å². The van der Waals surface area contributed by atoms with Crippen molar-refractivity contribution in [2.24, 2.45) is 0 Å². The van der Waals surface area contributed by atoms with Crippen molar-refractivity contribution in [3.05, 3.63) is 116 Å². The summed E-state index contributed by atoms with van der Waals surface area (Å²) in [6, 6.07) is 15.5. The summed E-state index contributed by atoms with van der Waals surface area (Å²) >= 11 is 0. The van der Waals surface area contributed by atoms with Gasteiger partial charge in [0, 0.05) is 44.4 Å². The number of phenols is 4. The van der Waals surface area contributed by atoms with Gasteiger partial charge in [-0.15, -0.1) is 0 Å². The van der Waals surface area contributed by atoms with Gasteiger partial charge in [0.1, 0.15) is 23.0 Å². The molecule has 12 heteroatoms. The SMILES string of the molecule is CC(c1cc(O)c(Cc2cc(O)ccc2CCC(=O)O)cc1CCC(=O)O)c1cc(O)c(Cc2cc(O)ccc2CCC(=O)O)cc1CCC(=O)O. The number of rotatable bonds is 18. The molecule has 0 bridgehead atoms. The quantitative estimate of drug-likeness (QED) is 0.0601. The molecule has 0 radical (unpaired) electrons. The van der Waals surface area contributed by atoms with Gasteiger partial charge in [-0.25, -0.2) is 0 Å². The van der Waals surface area contributed by atoms with Gasteiger partial charge in [0.25, 0.3) is 0 Å². The number of carboxylic acid groups (broad SMARTS) is 4. The van der Waals surface area contributed by atoms with E-state index in [9.17, 15) is 60.0 Å². The van der Waals surface area contributed by atoms with Crippen LogP contribution in [-0.4, -0.2) is 64.7 Å². The molecule has 0 aliphatic heterocycles. The van der Waals surface area contributed by atoms with Crippen LogP contribution in [0.4, 0.5) is 0 Å². The molecule has 0 unspecified atom stereocenters. The van der Waals surface area contributed by atoms with E-state index in [2.05, 4.69) is 0 Å². The first-order valence-corrected chi connectivity index (χ1v) is 16.8. The molecule has 0 aliphatic carbocycles. The highest BCUT2D eigenvalue weighted by molar-refractivity contribution is 5.69. The highest BCUT2D eigenvalue weighted by atomic mass is 16.4. The van der Waals surface area contributed by atoms with Gasteiger partial charge < -0.3 is 40.9 Å². The van der Waals surface area contributed by atoms with E-state index in [1.807, 2.05) is 0 Å². The average molecular weight is 715 g/mol. The molecule has 0 heterocycles. The van der Waals surface area contributed by atoms with Gasteiger partial charge in [0.2, 0.25) is 0 Å². The predicted molar refractivity (Wildman–Crippen MR) is 189 cm³/mol. The van der Waals surface area contributed by atoms with Crippen molar-refractivity contribution in [2.75, 3.05) is 0 Å². The molecule has 0 spiro atoms. The Labute approximate surface area is 299 Å². The molecule has 0 amide bonds. The smallest absolute Gasteiger partial charge is 0.303 e. The molecule has 0 saturated heterocycles. The van der Waals surface area contributed by atoms with Gasteiger partial charge in [0.05, 0.1) is 0 Å². The second kappa shape index (κ2) is 17.3. The summed E-state index contributed by atoms with van der Waals surface area (Å²) in [5.41, 5.74) is 5.65. The fourth-order valence-corrected chi connectivity index (χ4v) is 6.51. The van der Waals surface area contributed by atoms with E-state index in [0.29, 0.717) is 55.6 Å². The number of phenolic OH excluding ortho intramolecular Hbond substituents is 4. The standard InChI is InChI=1S/C40H42O12/c1-22(33-20-35(43)29(14-25(33)6-12-39(49)50)16-27-18-31(41)8-2-23(27)4-10-37(45)46)34-21-36(44)30(15-26(34)7-13-40(51)52)17-28-19-32(42)9-3-24(28)5-11-38(47)48/h2-3,8-9,14-15,18-22,41-44H,4-7,10-13,16-17H2,1H3,(H,45,46)(H,47,48)(H,49,50)(H,51,52). The zero-order chi connectivity index (χ0) is 38.1. The largest absolute Gasteiger partial charge is 0.508 e. The Kier molecular flexibility index (Phi) is 12.9. The number of hydrogen-bond donors (Lipinski definition) is 8. The molecule has 0 fully saturated rings. The summed E-state index contributed by atoms with van der Waals surface area (Å²) in [7, 11) is 0. The van der Waals surface area contributed by atoms with Crippen LogP contribution in [0.3, 0.4) is 0 Å². The fraction of sp³-hybridized carbons (Fsp3) is 0.300. The molecule has 52 heavy (non-hydrogen) atoms. The highest BCUT2D eigenvalue weighted by Crippen LogP contribution is 2.39. The Morgan fingerprint density at radius 1 is 0.442 bits per heavy atom. The van der Waals surface area contributed by atoms with E-state index in [0.717, 1.165) is 0 Å². The van der Waals surface area contributed by atoms with Crippen molar-refractivity contribution in [2.45, 2.75) is 77.0 Å². The van der Waals surface area contributed by atoms with Crippen LogP contribution >= 0.6 is 0 Å². The van der Waals surface area contributed by atoms with Crippen molar-refractivity contribution < 1.29 is 60.0 Å². The molecule has 274 valence electrons. The van der Waals surface area contributed by atoms with Crippen LogP contribution in [0.25, 0.3) is 0 Å². The number of aliphatic carboxylic acids is 4. The Morgan fingerprint density at radius 3 is 1.10 bits per heavy atom. The number of benzene rings is 4. The van der Waals surface area contributed by atoms with Gasteiger partial charge in [0.15, 0.2) is 0 Å². The molecule has 4 rings (SSSR count). The summed E-state index contributed by atoms with van der Waals surface area (Å²) in [6.45, 7) is 1.80. The third-order valence-electron chi connectivity index (χ3n) is 9.19. The first-order valence-electron chi connectivity index (χ1n) is 16.8. The van der Waals surface area contributed by atoms with Crippen LogP contribution in [0.1, 0.15) is 94.2 Å². The monoisotopic (exact) mass is 714 g/mol. The summed E-state index contributed by atoms with van der Waals surface area (Å²) in [4.78, 5) is 45.8. The van der Waals surface area contributed by atoms with Crippen LogP contribution in [0.5, 0.6) is 23.0 Å². The maximum absolute atomic E-state index is 11.7. The topological polar surface area (TPSA) is 230 Å². The van der Waals surface area contributed by atoms with Crippen LogP contribution < -0.4 is 0 Å². The predicted octanol–water partition coefficient (Wildman–Crippen LogP) is 5.91. The lowest BCUT2D eigenvalue weighted by atomic mass is 9.82. The van der Waals surface area contributed by atoms with Gasteiger partial charge >= 0.3 is 23.9 Å². The fourth-order valence-electron chi connectivity index (χ4n) is 6.51. The van der Waals surface area contributed by atoms with Crippen molar-refractivity contribution in [3.63, 3.8) is 0 Å². The molecule has 12 nitrogen and oxygen atoms in total. The van der Waals surface area contributed by atoms with Crippen molar-refractivity contribution in [1.82, 2.24) is 0 Å². The Balaban J connectivity index is 1.78.